The minimum atomic E-state index is -0.668. The Morgan fingerprint density at radius 1 is 1.26 bits per heavy atom. The van der Waals surface area contributed by atoms with Crippen LogP contribution >= 0.6 is 11.3 Å². The van der Waals surface area contributed by atoms with Crippen LogP contribution in [0.3, 0.4) is 0 Å². The van der Waals surface area contributed by atoms with Crippen LogP contribution < -0.4 is 5.43 Å². The average molecular weight is 278 g/mol. The van der Waals surface area contributed by atoms with Crippen LogP contribution in [0.5, 0.6) is 17.2 Å². The zero-order valence-electron chi connectivity index (χ0n) is 9.57. The molecule has 7 heteroatoms. The summed E-state index contributed by atoms with van der Waals surface area (Å²) in [4.78, 5) is 11.7. The van der Waals surface area contributed by atoms with Crippen LogP contribution in [0.1, 0.15) is 15.9 Å². The van der Waals surface area contributed by atoms with Crippen molar-refractivity contribution in [3.05, 3.63) is 40.1 Å². The third-order valence-corrected chi connectivity index (χ3v) is 2.96. The lowest BCUT2D eigenvalue weighted by Crippen LogP contribution is -2.17. The smallest absolute Gasteiger partial charge is 0.271 e. The Bertz CT molecular complexity index is 600. The van der Waals surface area contributed by atoms with E-state index in [0.29, 0.717) is 0 Å². The molecule has 0 aliphatic rings. The normalized spacial score (nSPS) is 10.7. The maximum absolute atomic E-state index is 11.7. The first kappa shape index (κ1) is 12.9. The molecule has 98 valence electrons. The zero-order valence-corrected chi connectivity index (χ0v) is 10.4. The highest BCUT2D eigenvalue weighted by molar-refractivity contribution is 7.08. The van der Waals surface area contributed by atoms with E-state index in [1.54, 1.807) is 0 Å². The maximum Gasteiger partial charge on any atom is 0.271 e. The molecule has 1 amide bonds. The second kappa shape index (κ2) is 5.40. The summed E-state index contributed by atoms with van der Waals surface area (Å²) < 4.78 is 0. The molecule has 1 heterocycles. The Labute approximate surface area is 112 Å². The van der Waals surface area contributed by atoms with Gasteiger partial charge in [0, 0.05) is 11.1 Å². The van der Waals surface area contributed by atoms with Crippen LogP contribution in [-0.4, -0.2) is 27.4 Å². The summed E-state index contributed by atoms with van der Waals surface area (Å²) in [7, 11) is 0. The minimum Gasteiger partial charge on any atom is -0.504 e. The second-order valence-corrected chi connectivity index (χ2v) is 4.40. The lowest BCUT2D eigenvalue weighted by Gasteiger charge is -2.04. The predicted molar refractivity (Wildman–Crippen MR) is 70.8 cm³/mol. The van der Waals surface area contributed by atoms with Crippen LogP contribution in [0.15, 0.2) is 34.1 Å². The van der Waals surface area contributed by atoms with E-state index in [1.807, 2.05) is 16.8 Å². The van der Waals surface area contributed by atoms with Crippen LogP contribution in [0.2, 0.25) is 0 Å². The van der Waals surface area contributed by atoms with Gasteiger partial charge < -0.3 is 15.3 Å². The molecule has 0 fully saturated rings. The topological polar surface area (TPSA) is 102 Å². The van der Waals surface area contributed by atoms with Crippen molar-refractivity contribution in [2.45, 2.75) is 0 Å². The SMILES string of the molecule is O=C(N/N=C/c1ccsc1)c1cc(O)c(O)c(O)c1. The van der Waals surface area contributed by atoms with Gasteiger partial charge in [-0.2, -0.15) is 16.4 Å². The molecule has 2 aromatic rings. The van der Waals surface area contributed by atoms with E-state index >= 15 is 0 Å². The Hall–Kier alpha value is -2.54. The van der Waals surface area contributed by atoms with Gasteiger partial charge in [-0.3, -0.25) is 4.79 Å². The van der Waals surface area contributed by atoms with Crippen molar-refractivity contribution in [2.24, 2.45) is 5.10 Å². The standard InChI is InChI=1S/C12H10N2O4S/c15-9-3-8(4-10(16)11(9)17)12(18)14-13-5-7-1-2-19-6-7/h1-6,15-17H,(H,14,18)/b13-5+. The number of aromatic hydroxyl groups is 3. The number of carbonyl (C=O) groups is 1. The van der Waals surface area contributed by atoms with Crippen molar-refractivity contribution in [1.29, 1.82) is 0 Å². The third-order valence-electron chi connectivity index (χ3n) is 2.25. The van der Waals surface area contributed by atoms with Gasteiger partial charge in [-0.25, -0.2) is 5.43 Å². The van der Waals surface area contributed by atoms with Crippen molar-refractivity contribution >= 4 is 23.5 Å². The van der Waals surface area contributed by atoms with Crippen molar-refractivity contribution in [2.75, 3.05) is 0 Å². The highest BCUT2D eigenvalue weighted by Crippen LogP contribution is 2.35. The second-order valence-electron chi connectivity index (χ2n) is 3.62. The lowest BCUT2D eigenvalue weighted by atomic mass is 10.2. The number of nitrogens with zero attached hydrogens (tertiary/aromatic N) is 1. The Morgan fingerprint density at radius 3 is 2.53 bits per heavy atom. The lowest BCUT2D eigenvalue weighted by molar-refractivity contribution is 0.0954. The van der Waals surface area contributed by atoms with Gasteiger partial charge in [0.1, 0.15) is 0 Å². The summed E-state index contributed by atoms with van der Waals surface area (Å²) in [6.45, 7) is 0. The van der Waals surface area contributed by atoms with Crippen LogP contribution in [-0.2, 0) is 0 Å². The summed E-state index contributed by atoms with van der Waals surface area (Å²) in [6, 6.07) is 3.90. The number of phenolic OH excluding ortho intramolecular Hbond substituents is 3. The van der Waals surface area contributed by atoms with Gasteiger partial charge in [-0.05, 0) is 29.0 Å². The summed E-state index contributed by atoms with van der Waals surface area (Å²) in [5.41, 5.74) is 3.07. The molecule has 19 heavy (non-hydrogen) atoms. The van der Waals surface area contributed by atoms with E-state index in [4.69, 9.17) is 5.11 Å². The molecule has 6 nitrogen and oxygen atoms in total. The molecule has 0 aliphatic carbocycles. The first-order chi connectivity index (χ1) is 9.08. The fourth-order valence-corrected chi connectivity index (χ4v) is 1.92. The predicted octanol–water partition coefficient (Wildman–Crippen LogP) is 1.63. The highest BCUT2D eigenvalue weighted by atomic mass is 32.1. The van der Waals surface area contributed by atoms with Gasteiger partial charge in [0.05, 0.1) is 6.21 Å². The first-order valence-electron chi connectivity index (χ1n) is 5.18. The number of benzene rings is 1. The van der Waals surface area contributed by atoms with Crippen molar-refractivity contribution in [3.8, 4) is 17.2 Å². The number of thiophene rings is 1. The van der Waals surface area contributed by atoms with Gasteiger partial charge in [0.15, 0.2) is 17.2 Å². The number of amides is 1. The number of nitrogens with one attached hydrogen (secondary N) is 1. The Balaban J connectivity index is 2.08. The fourth-order valence-electron chi connectivity index (χ4n) is 1.31. The van der Waals surface area contributed by atoms with E-state index < -0.39 is 23.2 Å². The molecule has 1 aromatic carbocycles. The van der Waals surface area contributed by atoms with E-state index in [0.717, 1.165) is 17.7 Å². The van der Waals surface area contributed by atoms with Crippen molar-refractivity contribution in [3.63, 3.8) is 0 Å². The molecule has 2 rings (SSSR count). The Kier molecular flexibility index (Phi) is 3.67. The van der Waals surface area contributed by atoms with Crippen molar-refractivity contribution < 1.29 is 20.1 Å². The molecule has 0 unspecified atom stereocenters. The molecular weight excluding hydrogens is 268 g/mol. The summed E-state index contributed by atoms with van der Waals surface area (Å²) >= 11 is 1.50. The molecule has 0 radical (unpaired) electrons. The molecule has 0 bridgehead atoms. The molecule has 0 saturated heterocycles. The molecule has 0 atom stereocenters. The summed E-state index contributed by atoms with van der Waals surface area (Å²) in [5, 5.41) is 35.2. The average Bonchev–Trinajstić information content (AvgIpc) is 2.88. The summed E-state index contributed by atoms with van der Waals surface area (Å²) in [5.74, 6) is -2.44. The molecule has 4 N–H and O–H groups in total. The third kappa shape index (κ3) is 3.02. The summed E-state index contributed by atoms with van der Waals surface area (Å²) in [6.07, 6.45) is 1.47. The highest BCUT2D eigenvalue weighted by Gasteiger charge is 2.12. The van der Waals surface area contributed by atoms with Crippen LogP contribution in [0.4, 0.5) is 0 Å². The van der Waals surface area contributed by atoms with Crippen LogP contribution in [0, 0.1) is 0 Å². The molecule has 1 aromatic heterocycles. The molecule has 0 spiro atoms. The van der Waals surface area contributed by atoms with Crippen LogP contribution in [0.25, 0.3) is 0 Å². The maximum atomic E-state index is 11.7. The van der Waals surface area contributed by atoms with Gasteiger partial charge in [-0.1, -0.05) is 0 Å². The number of hydrogen-bond donors (Lipinski definition) is 4. The largest absolute Gasteiger partial charge is 0.504 e. The van der Waals surface area contributed by atoms with Gasteiger partial charge in [0.25, 0.3) is 5.91 Å². The number of hydrogen-bond acceptors (Lipinski definition) is 6. The number of rotatable bonds is 3. The quantitative estimate of drug-likeness (QED) is 0.389. The number of carbonyl (C=O) groups excluding carboxylic acids is 1. The molecule has 0 aliphatic heterocycles. The van der Waals surface area contributed by atoms with E-state index in [2.05, 4.69) is 10.5 Å². The Morgan fingerprint density at radius 2 is 1.95 bits per heavy atom. The first-order valence-corrected chi connectivity index (χ1v) is 6.13. The monoisotopic (exact) mass is 278 g/mol. The minimum absolute atomic E-state index is 0.0183. The van der Waals surface area contributed by atoms with E-state index in [-0.39, 0.29) is 5.56 Å². The number of hydrazone groups is 1. The zero-order chi connectivity index (χ0) is 13.8. The molecule has 0 saturated carbocycles. The van der Waals surface area contributed by atoms with E-state index in [1.165, 1.54) is 17.6 Å². The fraction of sp³-hybridized carbons (Fsp3) is 0. The number of phenols is 3. The van der Waals surface area contributed by atoms with Gasteiger partial charge in [0.2, 0.25) is 0 Å². The van der Waals surface area contributed by atoms with E-state index in [9.17, 15) is 15.0 Å². The van der Waals surface area contributed by atoms with Gasteiger partial charge >= 0.3 is 0 Å². The molecular formula is C12H10N2O4S. The van der Waals surface area contributed by atoms with Gasteiger partial charge in [-0.15, -0.1) is 0 Å². The van der Waals surface area contributed by atoms with Crippen molar-refractivity contribution in [1.82, 2.24) is 5.43 Å².